The molecule has 1 unspecified atom stereocenters. The molecule has 1 heterocycles. The van der Waals surface area contributed by atoms with Crippen LogP contribution in [0.15, 0.2) is 41.0 Å². The molecule has 6 saturated carbocycles. The maximum atomic E-state index is 14.7. The van der Waals surface area contributed by atoms with Crippen molar-refractivity contribution in [2.45, 2.75) is 183 Å². The minimum atomic E-state index is -2.32. The van der Waals surface area contributed by atoms with Crippen LogP contribution in [0.4, 0.5) is 0 Å². The molecule has 338 valence electrons. The molecule has 1 aliphatic heterocycles. The summed E-state index contributed by atoms with van der Waals surface area (Å²) in [5.74, 6) is -0.0835. The van der Waals surface area contributed by atoms with Gasteiger partial charge in [0.25, 0.3) is 0 Å². The highest BCUT2D eigenvalue weighted by Crippen LogP contribution is 2.77. The number of carbonyl (C=O) groups is 4. The SMILES string of the molecule is Cc1c2c(cc3c1C(=O)C=C1[C@@]3(C)CC[C@@]3(C)[C@@H]4C[C@@H](C)C(=O)C[C@]4(C)CC[C@]13C)O[C@]1(C)C3=CCC4[C@@](C)(CC[C@@]5(C)[C@@H]6C[C@@H](C)C(=O)C[C@]6(C)CC[C@]45C)C3=CC(=O)[C@]1(O)O2. The molecule has 0 aromatic heterocycles. The van der Waals surface area contributed by atoms with Gasteiger partial charge in [0.2, 0.25) is 11.4 Å². The molecule has 1 N–H and O–H groups in total. The van der Waals surface area contributed by atoms with Crippen LogP contribution in [0, 0.1) is 74.4 Å². The van der Waals surface area contributed by atoms with Crippen LogP contribution in [0.25, 0.3) is 0 Å². The van der Waals surface area contributed by atoms with Gasteiger partial charge >= 0.3 is 5.79 Å². The van der Waals surface area contributed by atoms with E-state index in [2.05, 4.69) is 75.3 Å². The zero-order chi connectivity index (χ0) is 45.2. The molecule has 1 aromatic rings. The Kier molecular flexibility index (Phi) is 8.17. The van der Waals surface area contributed by atoms with E-state index in [9.17, 15) is 24.3 Å². The van der Waals surface area contributed by atoms with Gasteiger partial charge in [-0.05, 0) is 175 Å². The highest BCUT2D eigenvalue weighted by molar-refractivity contribution is 6.10. The van der Waals surface area contributed by atoms with Crippen molar-refractivity contribution in [2.75, 3.05) is 0 Å². The number of Topliss-reactive ketones (excluding diaryl/α,β-unsaturated/α-hetero) is 2. The van der Waals surface area contributed by atoms with E-state index in [-0.39, 0.29) is 67.2 Å². The van der Waals surface area contributed by atoms with Crippen LogP contribution in [0.1, 0.15) is 181 Å². The molecule has 7 heteroatoms. The van der Waals surface area contributed by atoms with E-state index >= 15 is 0 Å². The Morgan fingerprint density at radius 1 is 0.651 bits per heavy atom. The summed E-state index contributed by atoms with van der Waals surface area (Å²) >= 11 is 0. The number of allylic oxidation sites excluding steroid dienone is 3. The van der Waals surface area contributed by atoms with E-state index in [1.165, 1.54) is 5.57 Å². The molecular weight excluding hydrogens is 785 g/mol. The summed E-state index contributed by atoms with van der Waals surface area (Å²) in [6.07, 6.45) is 17.6. The van der Waals surface area contributed by atoms with Crippen molar-refractivity contribution in [2.24, 2.45) is 67.5 Å². The molecule has 10 aliphatic rings. The van der Waals surface area contributed by atoms with E-state index in [4.69, 9.17) is 9.47 Å². The molecule has 15 atom stereocenters. The summed E-state index contributed by atoms with van der Waals surface area (Å²) < 4.78 is 13.9. The second kappa shape index (κ2) is 12.2. The lowest BCUT2D eigenvalue weighted by Crippen LogP contribution is -2.71. The summed E-state index contributed by atoms with van der Waals surface area (Å²) in [5.41, 5.74) is 2.55. The first kappa shape index (κ1) is 42.3. The highest BCUT2D eigenvalue weighted by atomic mass is 16.7. The molecule has 1 aromatic carbocycles. The molecule has 9 aliphatic carbocycles. The molecule has 63 heavy (non-hydrogen) atoms. The predicted molar refractivity (Wildman–Crippen MR) is 242 cm³/mol. The van der Waals surface area contributed by atoms with Crippen molar-refractivity contribution in [3.05, 3.63) is 57.7 Å². The molecule has 0 bridgehead atoms. The molecule has 6 fully saturated rings. The Balaban J connectivity index is 0.975. The fourth-order valence-corrected chi connectivity index (χ4v) is 18.5. The fourth-order valence-electron chi connectivity index (χ4n) is 18.5. The van der Waals surface area contributed by atoms with Gasteiger partial charge < -0.3 is 14.6 Å². The third-order valence-electron chi connectivity index (χ3n) is 23.1. The number of rotatable bonds is 0. The summed E-state index contributed by atoms with van der Waals surface area (Å²) in [6, 6.07) is 2.03. The monoisotopic (exact) mass is 857 g/mol. The summed E-state index contributed by atoms with van der Waals surface area (Å²) in [7, 11) is 0. The Hall–Kier alpha value is -3.32. The Morgan fingerprint density at radius 3 is 1.87 bits per heavy atom. The van der Waals surface area contributed by atoms with Crippen LogP contribution in [0.3, 0.4) is 0 Å². The third-order valence-corrected chi connectivity index (χ3v) is 23.1. The molecule has 0 saturated heterocycles. The molecule has 0 spiro atoms. The lowest BCUT2D eigenvalue weighted by Gasteiger charge is -2.71. The summed E-state index contributed by atoms with van der Waals surface area (Å²) in [6.45, 7) is 27.3. The normalized spacial score (nSPS) is 51.6. The number of carbonyl (C=O) groups excluding carboxylic acids is 4. The number of benzene rings is 1. The number of ketones is 4. The Morgan fingerprint density at radius 2 is 1.22 bits per heavy atom. The smallest absolute Gasteiger partial charge is 0.317 e. The van der Waals surface area contributed by atoms with Crippen LogP contribution in [-0.4, -0.2) is 39.6 Å². The first-order chi connectivity index (χ1) is 29.2. The minimum Gasteiger partial charge on any atom is -0.471 e. The van der Waals surface area contributed by atoms with Gasteiger partial charge in [-0.25, -0.2) is 0 Å². The van der Waals surface area contributed by atoms with Gasteiger partial charge in [-0.2, -0.15) is 0 Å². The molecule has 0 amide bonds. The van der Waals surface area contributed by atoms with E-state index < -0.39 is 22.6 Å². The zero-order valence-electron chi connectivity index (χ0n) is 40.3. The van der Waals surface area contributed by atoms with Crippen molar-refractivity contribution in [1.82, 2.24) is 0 Å². The highest BCUT2D eigenvalue weighted by Gasteiger charge is 2.73. The average molecular weight is 857 g/mol. The van der Waals surface area contributed by atoms with Crippen LogP contribution in [-0.2, 0) is 19.8 Å². The number of aliphatic hydroxyl groups is 1. The molecule has 7 nitrogen and oxygen atoms in total. The van der Waals surface area contributed by atoms with Crippen molar-refractivity contribution in [3.63, 3.8) is 0 Å². The van der Waals surface area contributed by atoms with Gasteiger partial charge in [0.1, 0.15) is 11.6 Å². The van der Waals surface area contributed by atoms with Crippen molar-refractivity contribution in [3.8, 4) is 11.5 Å². The van der Waals surface area contributed by atoms with Crippen molar-refractivity contribution < 1.29 is 33.8 Å². The van der Waals surface area contributed by atoms with E-state index in [1.54, 1.807) is 6.08 Å². The van der Waals surface area contributed by atoms with Crippen LogP contribution in [0.2, 0.25) is 0 Å². The standard InChI is InChI=1S/C56H72O7/c1-30-23-41-47(4,28-37(30)58)15-19-51(8)40-14-13-33-34(49(40,6)17-21-52(41,51)9)26-44(60)56(61)55(33,12)62-39-25-35-45(32(3)46(39)63-56)36(57)27-43-50(35,7)18-22-53(10)42-24-31(2)38(59)29-48(42,5)16-20-54(43,53)11/h13,25-27,30-31,40-42,61H,14-24,28-29H2,1-12H3/t30-,31-,40?,41-,42-,47+,48+,49+,50+,51-,52+,53+,54-,55-,56+/m1/s1. The maximum Gasteiger partial charge on any atom is 0.317 e. The number of hydrogen-bond donors (Lipinski definition) is 1. The third kappa shape index (κ3) is 4.68. The molecule has 11 rings (SSSR count). The number of fused-ring (bicyclic) bond motifs is 17. The van der Waals surface area contributed by atoms with Crippen LogP contribution < -0.4 is 9.47 Å². The summed E-state index contributed by atoms with van der Waals surface area (Å²) in [4.78, 5) is 55.7. The quantitative estimate of drug-likeness (QED) is 0.277. The fraction of sp³-hybridized carbons (Fsp3) is 0.714. The summed E-state index contributed by atoms with van der Waals surface area (Å²) in [5, 5.41) is 12.7. The first-order valence-corrected chi connectivity index (χ1v) is 24.8. The maximum absolute atomic E-state index is 14.7. The van der Waals surface area contributed by atoms with Gasteiger partial charge in [0, 0.05) is 46.8 Å². The van der Waals surface area contributed by atoms with Crippen molar-refractivity contribution in [1.29, 1.82) is 0 Å². The van der Waals surface area contributed by atoms with Gasteiger partial charge in [0.15, 0.2) is 17.3 Å². The average Bonchev–Trinajstić information content (AvgIpc) is 3.21. The minimum absolute atomic E-state index is 0.0128. The zero-order valence-corrected chi connectivity index (χ0v) is 40.3. The first-order valence-electron chi connectivity index (χ1n) is 24.8. The number of hydrogen-bond acceptors (Lipinski definition) is 7. The van der Waals surface area contributed by atoms with Gasteiger partial charge in [-0.3, -0.25) is 19.2 Å². The lowest BCUT2D eigenvalue weighted by molar-refractivity contribution is -0.234. The van der Waals surface area contributed by atoms with Crippen LogP contribution in [0.5, 0.6) is 11.5 Å². The van der Waals surface area contributed by atoms with Gasteiger partial charge in [-0.1, -0.05) is 75.3 Å². The van der Waals surface area contributed by atoms with E-state index in [0.29, 0.717) is 53.1 Å². The second-order valence-electron chi connectivity index (χ2n) is 25.7. The predicted octanol–water partition coefficient (Wildman–Crippen LogP) is 11.5. The van der Waals surface area contributed by atoms with E-state index in [0.717, 1.165) is 87.3 Å². The lowest BCUT2D eigenvalue weighted by atomic mass is 9.33. The topological polar surface area (TPSA) is 107 Å². The van der Waals surface area contributed by atoms with E-state index in [1.807, 2.05) is 26.0 Å². The second-order valence-corrected chi connectivity index (χ2v) is 25.7. The van der Waals surface area contributed by atoms with Gasteiger partial charge in [-0.15, -0.1) is 0 Å². The van der Waals surface area contributed by atoms with Gasteiger partial charge in [0.05, 0.1) is 0 Å². The van der Waals surface area contributed by atoms with Crippen LogP contribution >= 0.6 is 0 Å². The Bertz CT molecular complexity index is 2470. The largest absolute Gasteiger partial charge is 0.471 e. The Labute approximate surface area is 375 Å². The molecule has 0 radical (unpaired) electrons. The number of ether oxygens (including phenoxy) is 2. The molecular formula is C56H72O7. The van der Waals surface area contributed by atoms with Crippen molar-refractivity contribution >= 4 is 23.1 Å².